The van der Waals surface area contributed by atoms with Crippen LogP contribution >= 0.6 is 11.6 Å². The van der Waals surface area contributed by atoms with Crippen molar-refractivity contribution in [2.24, 2.45) is 0 Å². The third-order valence-corrected chi connectivity index (χ3v) is 4.18. The Bertz CT molecular complexity index is 848. The van der Waals surface area contributed by atoms with Crippen LogP contribution in [0.4, 0.5) is 0 Å². The number of carbonyl (C=O) groups excluding carboxylic acids is 2. The first kappa shape index (κ1) is 21.3. The van der Waals surface area contributed by atoms with Crippen LogP contribution in [-0.2, 0) is 14.3 Å². The largest absolute Gasteiger partial charge is 0.493 e. The summed E-state index contributed by atoms with van der Waals surface area (Å²) in [7, 11) is 3.04. The number of benzene rings is 2. The van der Waals surface area contributed by atoms with E-state index in [4.69, 9.17) is 25.8 Å². The molecule has 0 unspecified atom stereocenters. The zero-order chi connectivity index (χ0) is 20.5. The second-order valence-corrected chi connectivity index (χ2v) is 6.30. The van der Waals surface area contributed by atoms with Crippen molar-refractivity contribution in [3.05, 3.63) is 64.7 Å². The summed E-state index contributed by atoms with van der Waals surface area (Å²) in [5.41, 5.74) is 1.55. The van der Waals surface area contributed by atoms with Crippen molar-refractivity contribution in [1.29, 1.82) is 0 Å². The van der Waals surface area contributed by atoms with Crippen molar-refractivity contribution >= 4 is 29.6 Å². The van der Waals surface area contributed by atoms with E-state index in [-0.39, 0.29) is 12.6 Å². The van der Waals surface area contributed by atoms with Gasteiger partial charge >= 0.3 is 5.97 Å². The van der Waals surface area contributed by atoms with Crippen LogP contribution < -0.4 is 14.8 Å². The highest BCUT2D eigenvalue weighted by atomic mass is 35.5. The van der Waals surface area contributed by atoms with E-state index in [9.17, 15) is 9.59 Å². The van der Waals surface area contributed by atoms with Gasteiger partial charge in [0.25, 0.3) is 5.91 Å². The lowest BCUT2D eigenvalue weighted by atomic mass is 10.1. The Hall–Kier alpha value is -2.99. The van der Waals surface area contributed by atoms with Gasteiger partial charge in [0.15, 0.2) is 18.1 Å². The molecule has 0 heterocycles. The monoisotopic (exact) mass is 403 g/mol. The van der Waals surface area contributed by atoms with Gasteiger partial charge in [-0.25, -0.2) is 4.79 Å². The van der Waals surface area contributed by atoms with E-state index in [1.54, 1.807) is 30.3 Å². The van der Waals surface area contributed by atoms with Crippen LogP contribution in [0.15, 0.2) is 48.5 Å². The number of hydrogen-bond acceptors (Lipinski definition) is 5. The maximum atomic E-state index is 12.0. The van der Waals surface area contributed by atoms with Crippen molar-refractivity contribution in [2.45, 2.75) is 13.0 Å². The summed E-state index contributed by atoms with van der Waals surface area (Å²) in [4.78, 5) is 23.9. The lowest BCUT2D eigenvalue weighted by Crippen LogP contribution is -2.30. The summed E-state index contributed by atoms with van der Waals surface area (Å²) in [6.07, 6.45) is 2.77. The molecule has 7 heteroatoms. The summed E-state index contributed by atoms with van der Waals surface area (Å²) in [5.74, 6) is 0.0134. The summed E-state index contributed by atoms with van der Waals surface area (Å²) in [5, 5.41) is 3.38. The number of hydrogen-bond donors (Lipinski definition) is 1. The number of amides is 1. The second kappa shape index (κ2) is 10.4. The van der Waals surface area contributed by atoms with Crippen LogP contribution in [0.25, 0.3) is 6.08 Å². The van der Waals surface area contributed by atoms with Crippen LogP contribution in [0.3, 0.4) is 0 Å². The molecule has 0 saturated carbocycles. The number of rotatable bonds is 8. The first-order valence-electron chi connectivity index (χ1n) is 8.55. The van der Waals surface area contributed by atoms with E-state index in [2.05, 4.69) is 5.32 Å². The fraction of sp³-hybridized carbons (Fsp3) is 0.238. The molecule has 0 aliphatic heterocycles. The molecule has 0 fully saturated rings. The topological polar surface area (TPSA) is 73.9 Å². The van der Waals surface area contributed by atoms with E-state index in [1.807, 2.05) is 19.1 Å². The third kappa shape index (κ3) is 6.03. The number of carbonyl (C=O) groups is 2. The molecule has 2 rings (SSSR count). The van der Waals surface area contributed by atoms with Gasteiger partial charge in [-0.1, -0.05) is 35.9 Å². The maximum absolute atomic E-state index is 12.0. The Labute approximate surface area is 169 Å². The second-order valence-electron chi connectivity index (χ2n) is 5.86. The Morgan fingerprint density at radius 3 is 2.46 bits per heavy atom. The summed E-state index contributed by atoms with van der Waals surface area (Å²) in [6.45, 7) is 1.45. The van der Waals surface area contributed by atoms with E-state index in [1.165, 1.54) is 26.4 Å². The molecule has 2 aromatic rings. The first-order valence-corrected chi connectivity index (χ1v) is 8.93. The number of para-hydroxylation sites is 1. The van der Waals surface area contributed by atoms with E-state index >= 15 is 0 Å². The minimum absolute atomic E-state index is 0.236. The maximum Gasteiger partial charge on any atom is 0.331 e. The Morgan fingerprint density at radius 2 is 1.82 bits per heavy atom. The average molecular weight is 404 g/mol. The normalized spacial score (nSPS) is 11.7. The number of methoxy groups -OCH3 is 2. The molecule has 0 aliphatic rings. The van der Waals surface area contributed by atoms with Crippen molar-refractivity contribution in [1.82, 2.24) is 5.32 Å². The molecule has 0 spiro atoms. The van der Waals surface area contributed by atoms with Crippen molar-refractivity contribution in [3.8, 4) is 11.5 Å². The summed E-state index contributed by atoms with van der Waals surface area (Å²) < 4.78 is 15.5. The number of ether oxygens (including phenoxy) is 3. The Kier molecular flexibility index (Phi) is 7.89. The van der Waals surface area contributed by atoms with Gasteiger partial charge in [-0.2, -0.15) is 0 Å². The molecule has 0 aromatic heterocycles. The smallest absolute Gasteiger partial charge is 0.331 e. The minimum Gasteiger partial charge on any atom is -0.493 e. The zero-order valence-electron chi connectivity index (χ0n) is 15.9. The zero-order valence-corrected chi connectivity index (χ0v) is 16.7. The van der Waals surface area contributed by atoms with Gasteiger partial charge in [-0.3, -0.25) is 4.79 Å². The van der Waals surface area contributed by atoms with E-state index in [0.717, 1.165) is 5.56 Å². The van der Waals surface area contributed by atoms with Gasteiger partial charge in [0.05, 0.1) is 20.3 Å². The molecule has 148 valence electrons. The van der Waals surface area contributed by atoms with Gasteiger partial charge in [0.1, 0.15) is 0 Å². The molecule has 2 aromatic carbocycles. The molecule has 0 aliphatic carbocycles. The Morgan fingerprint density at radius 1 is 1.11 bits per heavy atom. The molecule has 1 atom stereocenters. The quantitative estimate of drug-likeness (QED) is 0.536. The van der Waals surface area contributed by atoms with Gasteiger partial charge in [-0.05, 0) is 36.8 Å². The van der Waals surface area contributed by atoms with Crippen LogP contribution in [0.1, 0.15) is 24.1 Å². The number of nitrogens with one attached hydrogen (secondary N) is 1. The highest BCUT2D eigenvalue weighted by Gasteiger charge is 2.12. The predicted octanol–water partition coefficient (Wildman–Crippen LogP) is 3.79. The molecular weight excluding hydrogens is 382 g/mol. The van der Waals surface area contributed by atoms with E-state index < -0.39 is 11.9 Å². The number of halogens is 1. The van der Waals surface area contributed by atoms with Crippen molar-refractivity contribution in [3.63, 3.8) is 0 Å². The highest BCUT2D eigenvalue weighted by molar-refractivity contribution is 6.30. The lowest BCUT2D eigenvalue weighted by Gasteiger charge is -2.14. The van der Waals surface area contributed by atoms with E-state index in [0.29, 0.717) is 22.1 Å². The molecular formula is C21H22ClNO5. The molecule has 0 radical (unpaired) electrons. The van der Waals surface area contributed by atoms with Crippen molar-refractivity contribution in [2.75, 3.05) is 20.8 Å². The van der Waals surface area contributed by atoms with Crippen LogP contribution in [0.2, 0.25) is 5.02 Å². The van der Waals surface area contributed by atoms with Crippen molar-refractivity contribution < 1.29 is 23.8 Å². The average Bonchev–Trinajstić information content (AvgIpc) is 2.70. The number of esters is 1. The summed E-state index contributed by atoms with van der Waals surface area (Å²) in [6, 6.07) is 12.2. The fourth-order valence-corrected chi connectivity index (χ4v) is 2.63. The predicted molar refractivity (Wildman–Crippen MR) is 108 cm³/mol. The van der Waals surface area contributed by atoms with Gasteiger partial charge in [0.2, 0.25) is 0 Å². The fourth-order valence-electron chi connectivity index (χ4n) is 2.50. The molecule has 28 heavy (non-hydrogen) atoms. The third-order valence-electron chi connectivity index (χ3n) is 3.93. The van der Waals surface area contributed by atoms with Crippen LogP contribution in [-0.4, -0.2) is 32.7 Å². The van der Waals surface area contributed by atoms with Gasteiger partial charge in [-0.15, -0.1) is 0 Å². The molecule has 6 nitrogen and oxygen atoms in total. The standard InChI is InChI=1S/C21H22ClNO5/c1-14(15-7-10-17(22)11-8-15)23-19(24)13-28-20(25)12-9-16-5-4-6-18(26-2)21(16)27-3/h4-12,14H,13H2,1-3H3,(H,23,24)/b12-9+/t14-/m0/s1. The first-order chi connectivity index (χ1) is 13.4. The Balaban J connectivity index is 1.87. The van der Waals surface area contributed by atoms with Crippen LogP contribution in [0, 0.1) is 0 Å². The minimum atomic E-state index is -0.640. The molecule has 1 amide bonds. The lowest BCUT2D eigenvalue weighted by molar-refractivity contribution is -0.144. The summed E-state index contributed by atoms with van der Waals surface area (Å²) >= 11 is 5.85. The van der Waals surface area contributed by atoms with Gasteiger partial charge in [0, 0.05) is 16.7 Å². The molecule has 0 saturated heterocycles. The molecule has 1 N–H and O–H groups in total. The molecule has 0 bridgehead atoms. The SMILES string of the molecule is COc1cccc(/C=C/C(=O)OCC(=O)N[C@@H](C)c2ccc(Cl)cc2)c1OC. The van der Waals surface area contributed by atoms with Gasteiger partial charge < -0.3 is 19.5 Å². The highest BCUT2D eigenvalue weighted by Crippen LogP contribution is 2.31. The van der Waals surface area contributed by atoms with Crippen LogP contribution in [0.5, 0.6) is 11.5 Å².